The molecule has 0 N–H and O–H groups in total. The van der Waals surface area contributed by atoms with Gasteiger partial charge >= 0.3 is 0 Å². The van der Waals surface area contributed by atoms with E-state index in [9.17, 15) is 13.2 Å². The summed E-state index contributed by atoms with van der Waals surface area (Å²) in [4.78, 5) is 12.7. The van der Waals surface area contributed by atoms with Gasteiger partial charge in [0.05, 0.1) is 18.4 Å². The first-order chi connectivity index (χ1) is 10.7. The van der Waals surface area contributed by atoms with Gasteiger partial charge in [0, 0.05) is 11.5 Å². The number of rotatable bonds is 7. The minimum Gasteiger partial charge on any atom is -0.360 e. The van der Waals surface area contributed by atoms with Crippen molar-refractivity contribution in [3.8, 4) is 0 Å². The number of hydrogen-bond acceptors (Lipinski definition) is 6. The lowest BCUT2D eigenvalue weighted by atomic mass is 9.96. The zero-order chi connectivity index (χ0) is 15.5. The smallest absolute Gasteiger partial charge is 0.257 e. The minimum atomic E-state index is -2.87. The Hall–Kier alpha value is -1.99. The lowest BCUT2D eigenvalue weighted by Gasteiger charge is -2.07. The largest absolute Gasteiger partial charge is 0.360 e. The molecule has 1 aliphatic rings. The third kappa shape index (κ3) is 3.26. The number of benzene rings is 1. The summed E-state index contributed by atoms with van der Waals surface area (Å²) >= 11 is 0. The maximum Gasteiger partial charge on any atom is 0.257 e. The van der Waals surface area contributed by atoms with Gasteiger partial charge in [-0.1, -0.05) is 29.4 Å². The van der Waals surface area contributed by atoms with Gasteiger partial charge in [-0.15, -0.1) is 0 Å². The lowest BCUT2D eigenvalue weighted by Crippen LogP contribution is -2.08. The van der Waals surface area contributed by atoms with E-state index in [0.29, 0.717) is 29.2 Å². The van der Waals surface area contributed by atoms with Crippen LogP contribution in [0.25, 0.3) is 0 Å². The molecule has 1 aromatic carbocycles. The maximum atomic E-state index is 12.7. The van der Waals surface area contributed by atoms with Crippen molar-refractivity contribution in [2.24, 2.45) is 0 Å². The molecule has 1 aliphatic carbocycles. The molecule has 0 amide bonds. The summed E-state index contributed by atoms with van der Waals surface area (Å²) in [7, 11) is -2.87. The van der Waals surface area contributed by atoms with Gasteiger partial charge in [0.25, 0.3) is 11.0 Å². The normalized spacial score (nSPS) is 14.4. The molecule has 22 heavy (non-hydrogen) atoms. The van der Waals surface area contributed by atoms with E-state index in [4.69, 9.17) is 4.52 Å². The topological polar surface area (TPSA) is 86.5 Å². The van der Waals surface area contributed by atoms with E-state index in [-0.39, 0.29) is 12.4 Å². The molecule has 0 saturated heterocycles. The molecule has 0 unspecified atom stereocenters. The molecule has 0 atom stereocenters. The molecule has 0 radical (unpaired) electrons. The second-order valence-corrected chi connectivity index (χ2v) is 5.88. The van der Waals surface area contributed by atoms with E-state index in [2.05, 4.69) is 9.34 Å². The van der Waals surface area contributed by atoms with Crippen LogP contribution in [0.2, 0.25) is 0 Å². The second kappa shape index (κ2) is 6.41. The number of thiol groups is 1. The molecule has 116 valence electrons. The van der Waals surface area contributed by atoms with E-state index in [0.717, 1.165) is 18.4 Å². The second-order valence-electron chi connectivity index (χ2n) is 5.17. The van der Waals surface area contributed by atoms with Crippen molar-refractivity contribution in [1.29, 1.82) is 0 Å². The van der Waals surface area contributed by atoms with Crippen molar-refractivity contribution in [1.82, 2.24) is 5.16 Å². The zero-order valence-electron chi connectivity index (χ0n) is 11.7. The molecule has 0 aliphatic heterocycles. The quantitative estimate of drug-likeness (QED) is 0.619. The van der Waals surface area contributed by atoms with Crippen LogP contribution in [-0.4, -0.2) is 26.0 Å². The van der Waals surface area contributed by atoms with Gasteiger partial charge in [-0.25, -0.2) is 8.42 Å². The van der Waals surface area contributed by atoms with Crippen LogP contribution in [0.5, 0.6) is 0 Å². The van der Waals surface area contributed by atoms with Crippen molar-refractivity contribution in [2.75, 3.05) is 6.61 Å². The van der Waals surface area contributed by atoms with Gasteiger partial charge in [-0.05, 0) is 24.8 Å². The predicted octanol–water partition coefficient (Wildman–Crippen LogP) is 1.87. The van der Waals surface area contributed by atoms with E-state index >= 15 is 0 Å². The number of hydrogen-bond donors (Lipinski definition) is 1. The molecule has 6 nitrogen and oxygen atoms in total. The van der Waals surface area contributed by atoms with E-state index in [1.54, 1.807) is 24.3 Å². The van der Waals surface area contributed by atoms with Crippen molar-refractivity contribution in [3.63, 3.8) is 0 Å². The van der Waals surface area contributed by atoms with E-state index in [1.165, 1.54) is 6.20 Å². The Labute approximate surface area is 129 Å². The summed E-state index contributed by atoms with van der Waals surface area (Å²) in [5.41, 5.74) is 1.76. The summed E-state index contributed by atoms with van der Waals surface area (Å²) < 4.78 is 30.7. The fraction of sp³-hybridized carbons (Fsp3) is 0.333. The van der Waals surface area contributed by atoms with E-state index < -0.39 is 11.0 Å². The average molecular weight is 321 g/mol. The van der Waals surface area contributed by atoms with Crippen LogP contribution in [0.15, 0.2) is 35.0 Å². The molecule has 1 aromatic heterocycles. The Morgan fingerprint density at radius 2 is 2.05 bits per heavy atom. The molecule has 1 saturated carbocycles. The van der Waals surface area contributed by atoms with Gasteiger partial charge in [-0.2, -0.15) is 0 Å². The van der Waals surface area contributed by atoms with Crippen LogP contribution in [0.3, 0.4) is 0 Å². The molecular formula is C15H15NO5S. The fourth-order valence-electron chi connectivity index (χ4n) is 2.39. The zero-order valence-corrected chi connectivity index (χ0v) is 12.6. The molecule has 3 rings (SSSR count). The summed E-state index contributed by atoms with van der Waals surface area (Å²) in [5, 5.41) is 3.74. The van der Waals surface area contributed by atoms with Crippen molar-refractivity contribution >= 4 is 16.8 Å². The van der Waals surface area contributed by atoms with Crippen LogP contribution in [0, 0.1) is 0 Å². The van der Waals surface area contributed by atoms with Gasteiger partial charge in [-0.3, -0.25) is 8.98 Å². The number of carbonyl (C=O) groups is 1. The molecular weight excluding hydrogens is 306 g/mol. The Morgan fingerprint density at radius 3 is 2.77 bits per heavy atom. The third-order valence-electron chi connectivity index (χ3n) is 3.62. The van der Waals surface area contributed by atoms with Crippen molar-refractivity contribution < 1.29 is 21.9 Å². The van der Waals surface area contributed by atoms with Gasteiger partial charge in [0.1, 0.15) is 0 Å². The van der Waals surface area contributed by atoms with Crippen LogP contribution in [0.4, 0.5) is 0 Å². The highest BCUT2D eigenvalue weighted by atomic mass is 32.2. The first-order valence-electron chi connectivity index (χ1n) is 7.01. The number of ketones is 1. The van der Waals surface area contributed by atoms with Crippen molar-refractivity contribution in [2.45, 2.75) is 25.2 Å². The Bertz CT molecular complexity index is 753. The maximum absolute atomic E-state index is 12.7. The average Bonchev–Trinajstić information content (AvgIpc) is 3.24. The van der Waals surface area contributed by atoms with Crippen LogP contribution in [-0.2, 0) is 21.6 Å². The van der Waals surface area contributed by atoms with Crippen LogP contribution < -0.4 is 0 Å². The Balaban J connectivity index is 1.84. The van der Waals surface area contributed by atoms with Crippen LogP contribution in [0.1, 0.15) is 46.0 Å². The van der Waals surface area contributed by atoms with Crippen molar-refractivity contribution in [3.05, 3.63) is 52.9 Å². The summed E-state index contributed by atoms with van der Waals surface area (Å²) in [5.74, 6) is 0.797. The minimum absolute atomic E-state index is 0.0160. The van der Waals surface area contributed by atoms with Gasteiger partial charge in [0.2, 0.25) is 0 Å². The fourth-order valence-corrected chi connectivity index (χ4v) is 2.63. The van der Waals surface area contributed by atoms with Crippen LogP contribution >= 0.6 is 0 Å². The number of carbonyl (C=O) groups excluding carboxylic acids is 1. The first-order valence-corrected chi connectivity index (χ1v) is 8.11. The van der Waals surface area contributed by atoms with Gasteiger partial charge < -0.3 is 4.52 Å². The molecule has 1 fully saturated rings. The number of nitrogens with zero attached hydrogens (tertiary/aromatic N) is 1. The van der Waals surface area contributed by atoms with Gasteiger partial charge in [0.15, 0.2) is 11.5 Å². The summed E-state index contributed by atoms with van der Waals surface area (Å²) in [6, 6.07) is 7.09. The first kappa shape index (κ1) is 14.9. The number of aromatic nitrogens is 1. The summed E-state index contributed by atoms with van der Waals surface area (Å²) in [6.45, 7) is 0.0160. The van der Waals surface area contributed by atoms with E-state index in [1.807, 2.05) is 0 Å². The molecule has 1 heterocycles. The molecule has 7 heteroatoms. The lowest BCUT2D eigenvalue weighted by molar-refractivity contribution is 0.103. The summed E-state index contributed by atoms with van der Waals surface area (Å²) in [6.07, 6.45) is 3.83. The molecule has 0 bridgehead atoms. The third-order valence-corrected chi connectivity index (χ3v) is 4.01. The predicted molar refractivity (Wildman–Crippen MR) is 78.3 cm³/mol. The molecule has 2 aromatic rings. The highest BCUT2D eigenvalue weighted by Crippen LogP contribution is 2.42. The monoisotopic (exact) mass is 321 g/mol. The standard InChI is InChI=1S/C15H15NO5S/c17-14(13-9-16-21-15(13)11-5-6-11)12-4-2-1-3-10(12)7-8-20-22(18)19/h1-4,9,11,22H,5-8H2. The Kier molecular flexibility index (Phi) is 4.35. The molecule has 0 spiro atoms. The highest BCUT2D eigenvalue weighted by Gasteiger charge is 2.33. The Morgan fingerprint density at radius 1 is 1.27 bits per heavy atom. The SMILES string of the molecule is O=C(c1ccccc1CCO[SH](=O)=O)c1cnoc1C1CC1. The highest BCUT2D eigenvalue weighted by molar-refractivity contribution is 7.67.